The molecule has 1 nitrogen and oxygen atoms in total. The molecule has 0 aliphatic carbocycles. The second-order valence-electron chi connectivity index (χ2n) is 3.90. The first-order valence-corrected chi connectivity index (χ1v) is 5.59. The predicted molar refractivity (Wildman–Crippen MR) is 71.1 cm³/mol. The van der Waals surface area contributed by atoms with Crippen LogP contribution in [0.25, 0.3) is 6.08 Å². The van der Waals surface area contributed by atoms with Crippen molar-refractivity contribution in [3.63, 3.8) is 0 Å². The molecule has 1 N–H and O–H groups in total. The maximum atomic E-state index is 4.69. The number of rotatable bonds is 4. The second-order valence-corrected chi connectivity index (χ2v) is 4.14. The van der Waals surface area contributed by atoms with Gasteiger partial charge in [-0.3, -0.25) is 0 Å². The molecule has 0 saturated heterocycles. The van der Waals surface area contributed by atoms with Crippen LogP contribution in [0.15, 0.2) is 24.4 Å². The van der Waals surface area contributed by atoms with Crippen LogP contribution in [0.5, 0.6) is 0 Å². The van der Waals surface area contributed by atoms with Crippen molar-refractivity contribution < 1.29 is 0 Å². The summed E-state index contributed by atoms with van der Waals surface area (Å²) in [5.41, 5.74) is 5.40. The molecule has 0 bridgehead atoms. The third-order valence-electron chi connectivity index (χ3n) is 2.29. The van der Waals surface area contributed by atoms with Crippen molar-refractivity contribution in [1.29, 1.82) is 0 Å². The Hall–Kier alpha value is -1.15. The summed E-state index contributed by atoms with van der Waals surface area (Å²) in [6, 6.07) is 6.53. The number of nitrogens with one attached hydrogen (secondary N) is 1. The third-order valence-corrected chi connectivity index (χ3v) is 2.43. The quantitative estimate of drug-likeness (QED) is 0.776. The highest BCUT2D eigenvalue weighted by molar-refractivity contribution is 7.78. The van der Waals surface area contributed by atoms with Gasteiger partial charge >= 0.3 is 0 Å². The van der Waals surface area contributed by atoms with Crippen molar-refractivity contribution in [2.24, 2.45) is 0 Å². The molecule has 1 rings (SSSR count). The number of aryl methyl sites for hydroxylation is 1. The Labute approximate surface area is 97.2 Å². The van der Waals surface area contributed by atoms with E-state index in [4.69, 9.17) is 12.2 Å². The van der Waals surface area contributed by atoms with Crippen LogP contribution in [0, 0.1) is 6.92 Å². The van der Waals surface area contributed by atoms with Gasteiger partial charge in [-0.15, -0.1) is 0 Å². The van der Waals surface area contributed by atoms with Gasteiger partial charge in [0.25, 0.3) is 0 Å². The van der Waals surface area contributed by atoms with Crippen LogP contribution in [0.3, 0.4) is 0 Å². The molecule has 0 saturated carbocycles. The highest BCUT2D eigenvalue weighted by Crippen LogP contribution is 2.21. The molecule has 0 atom stereocenters. The largest absolute Gasteiger partial charge is 0.359 e. The van der Waals surface area contributed by atoms with E-state index in [2.05, 4.69) is 50.4 Å². The Morgan fingerprint density at radius 3 is 2.67 bits per heavy atom. The summed E-state index contributed by atoms with van der Waals surface area (Å²) in [5.74, 6) is 0.540. The smallest absolute Gasteiger partial charge is 0.0654 e. The van der Waals surface area contributed by atoms with E-state index < -0.39 is 0 Å². The normalized spacial score (nSPS) is 10.9. The van der Waals surface area contributed by atoms with Crippen molar-refractivity contribution >= 4 is 23.8 Å². The maximum absolute atomic E-state index is 4.69. The average molecular weight is 219 g/mol. The van der Waals surface area contributed by atoms with Gasteiger partial charge in [-0.25, -0.2) is 0 Å². The molecule has 0 spiro atoms. The van der Waals surface area contributed by atoms with Gasteiger partial charge in [-0.1, -0.05) is 49.8 Å². The third kappa shape index (κ3) is 3.48. The van der Waals surface area contributed by atoms with E-state index in [0.29, 0.717) is 5.92 Å². The molecule has 1 aromatic rings. The lowest BCUT2D eigenvalue weighted by Gasteiger charge is -2.10. The predicted octanol–water partition coefficient (Wildman–Crippen LogP) is 3.64. The molecule has 0 amide bonds. The van der Waals surface area contributed by atoms with Crippen LogP contribution in [-0.4, -0.2) is 5.49 Å². The first-order chi connectivity index (χ1) is 7.15. The SMILES string of the molecule is Cc1ccc(C(C)C)c(/C=C\NC=S)c1. The Morgan fingerprint density at radius 1 is 1.33 bits per heavy atom. The number of hydrogen-bond acceptors (Lipinski definition) is 1. The molecule has 0 aliphatic heterocycles. The summed E-state index contributed by atoms with van der Waals surface area (Å²) in [6.07, 6.45) is 3.93. The molecule has 0 radical (unpaired) electrons. The fraction of sp³-hybridized carbons (Fsp3) is 0.308. The van der Waals surface area contributed by atoms with E-state index in [0.717, 1.165) is 0 Å². The molecule has 0 aliphatic rings. The fourth-order valence-electron chi connectivity index (χ4n) is 1.54. The molecular weight excluding hydrogens is 202 g/mol. The number of hydrogen-bond donors (Lipinski definition) is 1. The molecule has 2 heteroatoms. The molecule has 1 aromatic carbocycles. The highest BCUT2D eigenvalue weighted by atomic mass is 32.1. The lowest BCUT2D eigenvalue weighted by Crippen LogP contribution is -1.98. The standard InChI is InChI=1S/C13H17NS/c1-10(2)13-5-4-11(3)8-12(13)6-7-14-9-15/h4-10H,1-3H3,(H,14,15)/b7-6-. The summed E-state index contributed by atoms with van der Waals surface area (Å²) in [7, 11) is 0. The molecule has 0 unspecified atom stereocenters. The van der Waals surface area contributed by atoms with Gasteiger partial charge in [0.05, 0.1) is 5.49 Å². The lowest BCUT2D eigenvalue weighted by atomic mass is 9.95. The minimum atomic E-state index is 0.540. The van der Waals surface area contributed by atoms with Crippen molar-refractivity contribution in [2.45, 2.75) is 26.7 Å². The van der Waals surface area contributed by atoms with Crippen molar-refractivity contribution in [3.05, 3.63) is 41.1 Å². The second kappa shape index (κ2) is 5.66. The fourth-order valence-corrected chi connectivity index (χ4v) is 1.62. The zero-order valence-electron chi connectivity index (χ0n) is 9.45. The minimum Gasteiger partial charge on any atom is -0.359 e. The average Bonchev–Trinajstić information content (AvgIpc) is 2.18. The monoisotopic (exact) mass is 219 g/mol. The molecule has 15 heavy (non-hydrogen) atoms. The Bertz CT molecular complexity index is 367. The highest BCUT2D eigenvalue weighted by Gasteiger charge is 2.03. The van der Waals surface area contributed by atoms with Crippen LogP contribution in [-0.2, 0) is 0 Å². The van der Waals surface area contributed by atoms with E-state index in [1.54, 1.807) is 0 Å². The van der Waals surface area contributed by atoms with Gasteiger partial charge < -0.3 is 5.32 Å². The van der Waals surface area contributed by atoms with E-state index in [9.17, 15) is 0 Å². The summed E-state index contributed by atoms with van der Waals surface area (Å²) >= 11 is 4.69. The minimum absolute atomic E-state index is 0.540. The molecule has 0 aromatic heterocycles. The van der Waals surface area contributed by atoms with E-state index in [1.807, 2.05) is 6.20 Å². The van der Waals surface area contributed by atoms with Gasteiger partial charge in [-0.05, 0) is 30.0 Å². The van der Waals surface area contributed by atoms with E-state index >= 15 is 0 Å². The topological polar surface area (TPSA) is 12.0 Å². The summed E-state index contributed by atoms with van der Waals surface area (Å²) < 4.78 is 0. The first-order valence-electron chi connectivity index (χ1n) is 5.12. The summed E-state index contributed by atoms with van der Waals surface area (Å²) in [6.45, 7) is 6.51. The summed E-state index contributed by atoms with van der Waals surface area (Å²) in [4.78, 5) is 0. The molecule has 0 fully saturated rings. The van der Waals surface area contributed by atoms with Crippen LogP contribution in [0.4, 0.5) is 0 Å². The van der Waals surface area contributed by atoms with E-state index in [1.165, 1.54) is 22.2 Å². The Morgan fingerprint density at radius 2 is 2.07 bits per heavy atom. The van der Waals surface area contributed by atoms with Crippen LogP contribution in [0.2, 0.25) is 0 Å². The lowest BCUT2D eigenvalue weighted by molar-refractivity contribution is 0.863. The first kappa shape index (κ1) is 11.9. The van der Waals surface area contributed by atoms with Gasteiger partial charge in [-0.2, -0.15) is 0 Å². The Balaban J connectivity index is 3.01. The zero-order chi connectivity index (χ0) is 11.3. The molecule has 80 valence electrons. The number of benzene rings is 1. The van der Waals surface area contributed by atoms with Gasteiger partial charge in [0.15, 0.2) is 0 Å². The van der Waals surface area contributed by atoms with E-state index in [-0.39, 0.29) is 0 Å². The van der Waals surface area contributed by atoms with Gasteiger partial charge in [0.2, 0.25) is 0 Å². The van der Waals surface area contributed by atoms with Crippen LogP contribution in [0.1, 0.15) is 36.5 Å². The van der Waals surface area contributed by atoms with Crippen LogP contribution >= 0.6 is 12.2 Å². The number of thiocarbonyl (C=S) groups is 1. The zero-order valence-corrected chi connectivity index (χ0v) is 10.3. The summed E-state index contributed by atoms with van der Waals surface area (Å²) in [5, 5.41) is 2.89. The Kier molecular flexibility index (Phi) is 4.50. The van der Waals surface area contributed by atoms with Crippen molar-refractivity contribution in [2.75, 3.05) is 0 Å². The van der Waals surface area contributed by atoms with Gasteiger partial charge in [0.1, 0.15) is 0 Å². The van der Waals surface area contributed by atoms with Crippen LogP contribution < -0.4 is 5.32 Å². The van der Waals surface area contributed by atoms with Crippen molar-refractivity contribution in [3.8, 4) is 0 Å². The van der Waals surface area contributed by atoms with Crippen molar-refractivity contribution in [1.82, 2.24) is 5.32 Å². The van der Waals surface area contributed by atoms with Gasteiger partial charge in [0, 0.05) is 6.20 Å². The molecular formula is C13H17NS. The molecule has 0 heterocycles. The maximum Gasteiger partial charge on any atom is 0.0654 e.